The molecule has 0 bridgehead atoms. The number of nitrogens with zero attached hydrogens (tertiary/aromatic N) is 2. The molecule has 27 heavy (non-hydrogen) atoms. The van der Waals surface area contributed by atoms with Gasteiger partial charge in [-0.15, -0.1) is 0 Å². The van der Waals surface area contributed by atoms with Crippen molar-refractivity contribution in [2.75, 3.05) is 26.2 Å². The van der Waals surface area contributed by atoms with Crippen molar-refractivity contribution in [1.29, 1.82) is 0 Å². The van der Waals surface area contributed by atoms with Crippen molar-refractivity contribution in [2.45, 2.75) is 27.2 Å². The first-order valence-electron chi connectivity index (χ1n) is 9.06. The molecular formula is C19H25ClN4O3. The molecule has 1 aromatic heterocycles. The molecule has 8 heteroatoms. The smallest absolute Gasteiger partial charge is 0.332 e. The first-order valence-corrected chi connectivity index (χ1v) is 9.44. The van der Waals surface area contributed by atoms with E-state index in [1.807, 2.05) is 0 Å². The molecule has 0 aliphatic carbocycles. The Morgan fingerprint density at radius 1 is 1.22 bits per heavy atom. The van der Waals surface area contributed by atoms with E-state index >= 15 is 0 Å². The van der Waals surface area contributed by atoms with E-state index in [-0.39, 0.29) is 5.56 Å². The molecule has 0 saturated heterocycles. The fourth-order valence-corrected chi connectivity index (χ4v) is 3.04. The summed E-state index contributed by atoms with van der Waals surface area (Å²) in [5, 5.41) is 13.3. The number of benzene rings is 1. The minimum atomic E-state index is -0.783. The average Bonchev–Trinajstić information content (AvgIpc) is 2.63. The Bertz CT molecular complexity index is 912. The predicted octanol–water partition coefficient (Wildman–Crippen LogP) is 0.377. The molecule has 0 fully saturated rings. The molecule has 2 N–H and O–H groups in total. The van der Waals surface area contributed by atoms with Gasteiger partial charge in [-0.2, -0.15) is 0 Å². The van der Waals surface area contributed by atoms with Crippen molar-refractivity contribution in [2.24, 2.45) is 4.99 Å². The SMILES string of the molecule is CC[NH+](CC)CCCN=C(C)c1c([O-])n(-c2ccc(Cl)cc2)c(=O)[nH]c1=O. The van der Waals surface area contributed by atoms with Gasteiger partial charge < -0.3 is 10.0 Å². The van der Waals surface area contributed by atoms with Gasteiger partial charge in [0.2, 0.25) is 0 Å². The van der Waals surface area contributed by atoms with Gasteiger partial charge in [0.25, 0.3) is 5.56 Å². The van der Waals surface area contributed by atoms with E-state index in [0.717, 1.165) is 30.6 Å². The number of rotatable bonds is 8. The van der Waals surface area contributed by atoms with E-state index in [4.69, 9.17) is 11.6 Å². The van der Waals surface area contributed by atoms with Crippen LogP contribution in [0.4, 0.5) is 0 Å². The highest BCUT2D eigenvalue weighted by atomic mass is 35.5. The maximum Gasteiger partial charge on any atom is 0.332 e. The van der Waals surface area contributed by atoms with Gasteiger partial charge in [-0.3, -0.25) is 19.3 Å². The Morgan fingerprint density at radius 3 is 2.44 bits per heavy atom. The van der Waals surface area contributed by atoms with Crippen LogP contribution < -0.4 is 21.3 Å². The number of aliphatic imine (C=N–C) groups is 1. The van der Waals surface area contributed by atoms with Crippen LogP contribution in [0.15, 0.2) is 38.8 Å². The van der Waals surface area contributed by atoms with Crippen LogP contribution in [-0.2, 0) is 0 Å². The van der Waals surface area contributed by atoms with Gasteiger partial charge >= 0.3 is 5.69 Å². The lowest BCUT2D eigenvalue weighted by molar-refractivity contribution is -0.896. The van der Waals surface area contributed by atoms with Gasteiger partial charge in [-0.25, -0.2) is 4.79 Å². The van der Waals surface area contributed by atoms with E-state index < -0.39 is 17.1 Å². The van der Waals surface area contributed by atoms with E-state index in [0.29, 0.717) is 23.0 Å². The first kappa shape index (κ1) is 20.9. The van der Waals surface area contributed by atoms with Crippen LogP contribution >= 0.6 is 11.6 Å². The van der Waals surface area contributed by atoms with Crippen molar-refractivity contribution in [3.05, 3.63) is 55.7 Å². The van der Waals surface area contributed by atoms with Crippen LogP contribution in [-0.4, -0.2) is 41.4 Å². The Kier molecular flexibility index (Phi) is 7.38. The highest BCUT2D eigenvalue weighted by molar-refractivity contribution is 6.30. The predicted molar refractivity (Wildman–Crippen MR) is 106 cm³/mol. The van der Waals surface area contributed by atoms with Gasteiger partial charge in [0.15, 0.2) is 0 Å². The molecule has 0 spiro atoms. The van der Waals surface area contributed by atoms with Crippen LogP contribution in [0.3, 0.4) is 0 Å². The van der Waals surface area contributed by atoms with Gasteiger partial charge in [-0.05, 0) is 50.9 Å². The summed E-state index contributed by atoms with van der Waals surface area (Å²) in [7, 11) is 0. The van der Waals surface area contributed by atoms with Crippen LogP contribution in [0.1, 0.15) is 32.8 Å². The lowest BCUT2D eigenvalue weighted by Crippen LogP contribution is -3.11. The van der Waals surface area contributed by atoms with Crippen molar-refractivity contribution in [1.82, 2.24) is 9.55 Å². The summed E-state index contributed by atoms with van der Waals surface area (Å²) in [6.07, 6.45) is 0.858. The summed E-state index contributed by atoms with van der Waals surface area (Å²) in [5.74, 6) is -0.679. The summed E-state index contributed by atoms with van der Waals surface area (Å²) < 4.78 is 0.923. The fraction of sp³-hybridized carbons (Fsp3) is 0.421. The molecular weight excluding hydrogens is 368 g/mol. The van der Waals surface area contributed by atoms with Crippen LogP contribution in [0.25, 0.3) is 5.69 Å². The summed E-state index contributed by atoms with van der Waals surface area (Å²) in [4.78, 5) is 32.4. The van der Waals surface area contributed by atoms with Gasteiger partial charge in [0.1, 0.15) is 0 Å². The first-order chi connectivity index (χ1) is 12.9. The van der Waals surface area contributed by atoms with Crippen LogP contribution in [0.2, 0.25) is 5.02 Å². The molecule has 2 rings (SSSR count). The molecule has 0 amide bonds. The zero-order valence-electron chi connectivity index (χ0n) is 15.8. The average molecular weight is 393 g/mol. The van der Waals surface area contributed by atoms with Crippen molar-refractivity contribution in [3.63, 3.8) is 0 Å². The Labute approximate surface area is 162 Å². The second kappa shape index (κ2) is 9.53. The molecule has 1 aromatic carbocycles. The lowest BCUT2D eigenvalue weighted by Gasteiger charge is -2.19. The standard InChI is InChI=1S/C19H25ClN4O3/c1-4-23(5-2)12-6-11-21-13(3)16-17(25)22-19(27)24(18(16)26)15-9-7-14(20)8-10-15/h7-10,26H,4-6,11-12H2,1-3H3,(H,22,25,27). The summed E-state index contributed by atoms with van der Waals surface area (Å²) >= 11 is 5.86. The molecule has 1 heterocycles. The van der Waals surface area contributed by atoms with Gasteiger partial charge in [0.05, 0.1) is 25.2 Å². The number of H-pyrrole nitrogens is 1. The van der Waals surface area contributed by atoms with Gasteiger partial charge in [0, 0.05) is 29.4 Å². The molecule has 0 saturated carbocycles. The molecule has 0 radical (unpaired) electrons. The van der Waals surface area contributed by atoms with Crippen LogP contribution in [0, 0.1) is 0 Å². The lowest BCUT2D eigenvalue weighted by atomic mass is 10.2. The van der Waals surface area contributed by atoms with Gasteiger partial charge in [-0.1, -0.05) is 11.6 Å². The maximum absolute atomic E-state index is 12.8. The second-order valence-corrected chi connectivity index (χ2v) is 6.72. The van der Waals surface area contributed by atoms with Crippen LogP contribution in [0.5, 0.6) is 5.88 Å². The van der Waals surface area contributed by atoms with E-state index in [1.54, 1.807) is 31.2 Å². The molecule has 0 atom stereocenters. The fourth-order valence-electron chi connectivity index (χ4n) is 2.92. The molecule has 0 unspecified atom stereocenters. The van der Waals surface area contributed by atoms with Crippen molar-refractivity contribution in [3.8, 4) is 11.6 Å². The number of nitrogens with one attached hydrogen (secondary N) is 2. The monoisotopic (exact) mass is 392 g/mol. The normalized spacial score (nSPS) is 12.0. The Balaban J connectivity index is 2.32. The third-order valence-electron chi connectivity index (χ3n) is 4.55. The van der Waals surface area contributed by atoms with Crippen molar-refractivity contribution >= 4 is 17.3 Å². The topological polar surface area (TPSA) is 94.7 Å². The highest BCUT2D eigenvalue weighted by Crippen LogP contribution is 2.17. The second-order valence-electron chi connectivity index (χ2n) is 6.28. The zero-order valence-corrected chi connectivity index (χ0v) is 16.6. The number of hydrogen-bond acceptors (Lipinski definition) is 4. The largest absolute Gasteiger partial charge is 0.859 e. The highest BCUT2D eigenvalue weighted by Gasteiger charge is 2.12. The minimum Gasteiger partial charge on any atom is -0.859 e. The molecule has 0 aliphatic rings. The molecule has 146 valence electrons. The third-order valence-corrected chi connectivity index (χ3v) is 4.80. The Hall–Kier alpha value is -2.38. The van der Waals surface area contributed by atoms with E-state index in [9.17, 15) is 14.7 Å². The quantitative estimate of drug-likeness (QED) is 0.502. The zero-order chi connectivity index (χ0) is 20.0. The van der Waals surface area contributed by atoms with E-state index in [2.05, 4.69) is 23.8 Å². The molecule has 7 nitrogen and oxygen atoms in total. The maximum atomic E-state index is 12.8. The summed E-state index contributed by atoms with van der Waals surface area (Å²) in [5.41, 5.74) is -0.942. The number of quaternary nitrogens is 1. The third kappa shape index (κ3) is 5.08. The number of hydrogen-bond donors (Lipinski definition) is 2. The summed E-state index contributed by atoms with van der Waals surface area (Å²) in [6, 6.07) is 6.24. The minimum absolute atomic E-state index is 0.111. The Morgan fingerprint density at radius 2 is 1.85 bits per heavy atom. The molecule has 0 aliphatic heterocycles. The van der Waals surface area contributed by atoms with E-state index in [1.165, 1.54) is 4.90 Å². The number of aromatic nitrogens is 2. The number of halogens is 1. The molecule has 2 aromatic rings. The van der Waals surface area contributed by atoms with Crippen molar-refractivity contribution < 1.29 is 10.0 Å². The number of aromatic amines is 1. The summed E-state index contributed by atoms with van der Waals surface area (Å²) in [6.45, 7) is 9.49.